The Morgan fingerprint density at radius 3 is 2.41 bits per heavy atom. The molecule has 2 aromatic rings. The molecule has 7 nitrogen and oxygen atoms in total. The summed E-state index contributed by atoms with van der Waals surface area (Å²) in [6, 6.07) is 10.3. The van der Waals surface area contributed by atoms with Crippen LogP contribution in [0.2, 0.25) is 0 Å². The highest BCUT2D eigenvalue weighted by molar-refractivity contribution is 7.99. The highest BCUT2D eigenvalue weighted by Crippen LogP contribution is 2.25. The molecule has 2 saturated heterocycles. The van der Waals surface area contributed by atoms with Gasteiger partial charge in [0.25, 0.3) is 0 Å². The third-order valence-corrected chi connectivity index (χ3v) is 6.41. The van der Waals surface area contributed by atoms with Gasteiger partial charge in [-0.3, -0.25) is 9.36 Å². The Kier molecular flexibility index (Phi) is 7.05. The Balaban J connectivity index is 1.49. The number of hydrogen-bond acceptors (Lipinski definition) is 6. The lowest BCUT2D eigenvalue weighted by Crippen LogP contribution is -2.38. The van der Waals surface area contributed by atoms with Crippen LogP contribution < -0.4 is 4.90 Å². The van der Waals surface area contributed by atoms with Crippen molar-refractivity contribution in [3.05, 3.63) is 35.9 Å². The standard InChI is InChI=1S/C21H29N5O2S/c27-19(24-10-6-1-2-7-11-24)17-29-21-23-22-20(25-12-14-28-15-13-25)26(21)16-18-8-4-3-5-9-18/h3-5,8-9H,1-2,6-7,10-17H2. The maximum absolute atomic E-state index is 12.7. The number of carbonyl (C=O) groups excluding carboxylic acids is 1. The van der Waals surface area contributed by atoms with Crippen molar-refractivity contribution in [1.29, 1.82) is 0 Å². The fourth-order valence-electron chi connectivity index (χ4n) is 3.83. The summed E-state index contributed by atoms with van der Waals surface area (Å²) in [6.07, 6.45) is 4.68. The van der Waals surface area contributed by atoms with Gasteiger partial charge in [0, 0.05) is 26.2 Å². The number of benzene rings is 1. The SMILES string of the molecule is O=C(CSc1nnc(N2CCOCC2)n1Cc1ccccc1)N1CCCCCC1. The second-order valence-corrected chi connectivity index (χ2v) is 8.48. The molecule has 0 atom stereocenters. The first kappa shape index (κ1) is 20.2. The largest absolute Gasteiger partial charge is 0.378 e. The Hall–Kier alpha value is -2.06. The van der Waals surface area contributed by atoms with Crippen LogP contribution in [-0.2, 0) is 16.1 Å². The van der Waals surface area contributed by atoms with E-state index in [4.69, 9.17) is 4.74 Å². The van der Waals surface area contributed by atoms with Crippen molar-refractivity contribution >= 4 is 23.6 Å². The van der Waals surface area contributed by atoms with Crippen LogP contribution in [0.3, 0.4) is 0 Å². The van der Waals surface area contributed by atoms with Crippen LogP contribution in [0, 0.1) is 0 Å². The minimum atomic E-state index is 0.207. The fraction of sp³-hybridized carbons (Fsp3) is 0.571. The van der Waals surface area contributed by atoms with Gasteiger partial charge in [0.2, 0.25) is 11.9 Å². The molecule has 2 aliphatic heterocycles. The van der Waals surface area contributed by atoms with E-state index < -0.39 is 0 Å². The summed E-state index contributed by atoms with van der Waals surface area (Å²) in [5.74, 6) is 1.48. The van der Waals surface area contributed by atoms with E-state index in [9.17, 15) is 4.79 Å². The van der Waals surface area contributed by atoms with Crippen LogP contribution in [0.4, 0.5) is 5.95 Å². The number of carbonyl (C=O) groups is 1. The van der Waals surface area contributed by atoms with Crippen molar-refractivity contribution < 1.29 is 9.53 Å². The van der Waals surface area contributed by atoms with Gasteiger partial charge < -0.3 is 14.5 Å². The molecule has 0 unspecified atom stereocenters. The van der Waals surface area contributed by atoms with Crippen LogP contribution in [0.15, 0.2) is 35.5 Å². The molecule has 0 N–H and O–H groups in total. The Bertz CT molecular complexity index is 784. The van der Waals surface area contributed by atoms with Gasteiger partial charge in [-0.05, 0) is 18.4 Å². The fourth-order valence-corrected chi connectivity index (χ4v) is 4.66. The van der Waals surface area contributed by atoms with E-state index in [-0.39, 0.29) is 5.91 Å². The molecule has 1 aromatic carbocycles. The summed E-state index contributed by atoms with van der Waals surface area (Å²) in [4.78, 5) is 17.0. The van der Waals surface area contributed by atoms with E-state index in [1.165, 1.54) is 30.2 Å². The molecule has 29 heavy (non-hydrogen) atoms. The third kappa shape index (κ3) is 5.30. The van der Waals surface area contributed by atoms with Crippen molar-refractivity contribution in [3.8, 4) is 0 Å². The lowest BCUT2D eigenvalue weighted by molar-refractivity contribution is -0.128. The molecule has 4 rings (SSSR count). The number of ether oxygens (including phenoxy) is 1. The average Bonchev–Trinajstić information content (AvgIpc) is 2.97. The van der Waals surface area contributed by atoms with E-state index in [1.807, 2.05) is 23.1 Å². The molecule has 0 bridgehead atoms. The number of morpholine rings is 1. The van der Waals surface area contributed by atoms with Crippen LogP contribution in [0.5, 0.6) is 0 Å². The van der Waals surface area contributed by atoms with Gasteiger partial charge in [0.1, 0.15) is 0 Å². The number of nitrogens with zero attached hydrogens (tertiary/aromatic N) is 5. The molecule has 3 heterocycles. The number of likely N-dealkylation sites (tertiary alicyclic amines) is 1. The zero-order chi connectivity index (χ0) is 19.9. The summed E-state index contributed by atoms with van der Waals surface area (Å²) in [5, 5.41) is 9.73. The molecule has 1 aromatic heterocycles. The molecule has 0 spiro atoms. The molecular weight excluding hydrogens is 386 g/mol. The molecular formula is C21H29N5O2S. The molecule has 0 saturated carbocycles. The maximum Gasteiger partial charge on any atom is 0.233 e. The lowest BCUT2D eigenvalue weighted by Gasteiger charge is -2.28. The van der Waals surface area contributed by atoms with Crippen molar-refractivity contribution in [3.63, 3.8) is 0 Å². The predicted molar refractivity (Wildman–Crippen MR) is 114 cm³/mol. The van der Waals surface area contributed by atoms with Crippen LogP contribution in [-0.4, -0.2) is 70.7 Å². The second kappa shape index (κ2) is 10.1. The quantitative estimate of drug-likeness (QED) is 0.676. The second-order valence-electron chi connectivity index (χ2n) is 7.54. The summed E-state index contributed by atoms with van der Waals surface area (Å²) in [7, 11) is 0. The number of thioether (sulfide) groups is 1. The van der Waals surface area contributed by atoms with Gasteiger partial charge in [-0.15, -0.1) is 10.2 Å². The summed E-state index contributed by atoms with van der Waals surface area (Å²) < 4.78 is 7.63. The Morgan fingerprint density at radius 1 is 0.966 bits per heavy atom. The van der Waals surface area contributed by atoms with Gasteiger partial charge in [-0.2, -0.15) is 0 Å². The first-order valence-corrected chi connectivity index (χ1v) is 11.5. The first-order valence-electron chi connectivity index (χ1n) is 10.5. The van der Waals surface area contributed by atoms with Crippen LogP contribution >= 0.6 is 11.8 Å². The Labute approximate surface area is 176 Å². The maximum atomic E-state index is 12.7. The smallest absolute Gasteiger partial charge is 0.233 e. The number of amides is 1. The number of aromatic nitrogens is 3. The summed E-state index contributed by atoms with van der Waals surface area (Å²) in [6.45, 7) is 5.49. The Morgan fingerprint density at radius 2 is 1.69 bits per heavy atom. The average molecular weight is 416 g/mol. The van der Waals surface area contributed by atoms with Gasteiger partial charge in [0.15, 0.2) is 5.16 Å². The van der Waals surface area contributed by atoms with Crippen molar-refractivity contribution in [2.75, 3.05) is 50.0 Å². The van der Waals surface area contributed by atoms with Gasteiger partial charge in [-0.25, -0.2) is 0 Å². The minimum Gasteiger partial charge on any atom is -0.378 e. The number of anilines is 1. The molecule has 2 fully saturated rings. The number of hydrogen-bond donors (Lipinski definition) is 0. The molecule has 0 aliphatic carbocycles. The minimum absolute atomic E-state index is 0.207. The van der Waals surface area contributed by atoms with Gasteiger partial charge in [0.05, 0.1) is 25.5 Å². The molecule has 2 aliphatic rings. The van der Waals surface area contributed by atoms with Crippen molar-refractivity contribution in [2.24, 2.45) is 0 Å². The molecule has 0 radical (unpaired) electrons. The highest BCUT2D eigenvalue weighted by atomic mass is 32.2. The number of rotatable bonds is 6. The zero-order valence-corrected chi connectivity index (χ0v) is 17.6. The summed E-state index contributed by atoms with van der Waals surface area (Å²) in [5.41, 5.74) is 1.20. The normalized spacial score (nSPS) is 17.9. The van der Waals surface area contributed by atoms with E-state index in [0.29, 0.717) is 25.5 Å². The predicted octanol–water partition coefficient (Wildman–Crippen LogP) is 2.66. The van der Waals surface area contributed by atoms with Crippen molar-refractivity contribution in [1.82, 2.24) is 19.7 Å². The van der Waals surface area contributed by atoms with E-state index in [2.05, 4.69) is 31.8 Å². The van der Waals surface area contributed by atoms with Gasteiger partial charge in [-0.1, -0.05) is 54.9 Å². The van der Waals surface area contributed by atoms with Crippen molar-refractivity contribution in [2.45, 2.75) is 37.4 Å². The topological polar surface area (TPSA) is 63.5 Å². The van der Waals surface area contributed by atoms with E-state index >= 15 is 0 Å². The molecule has 8 heteroatoms. The third-order valence-electron chi connectivity index (χ3n) is 5.46. The van der Waals surface area contributed by atoms with Gasteiger partial charge >= 0.3 is 0 Å². The van der Waals surface area contributed by atoms with E-state index in [1.54, 1.807) is 0 Å². The lowest BCUT2D eigenvalue weighted by atomic mass is 10.2. The zero-order valence-electron chi connectivity index (χ0n) is 16.8. The van der Waals surface area contributed by atoms with Crippen LogP contribution in [0.1, 0.15) is 31.2 Å². The first-order chi connectivity index (χ1) is 14.3. The van der Waals surface area contributed by atoms with E-state index in [0.717, 1.165) is 50.1 Å². The highest BCUT2D eigenvalue weighted by Gasteiger charge is 2.22. The molecule has 156 valence electrons. The molecule has 1 amide bonds. The summed E-state index contributed by atoms with van der Waals surface area (Å²) >= 11 is 1.50. The monoisotopic (exact) mass is 415 g/mol. The van der Waals surface area contributed by atoms with Crippen LogP contribution in [0.25, 0.3) is 0 Å².